The summed E-state index contributed by atoms with van der Waals surface area (Å²) < 4.78 is 0. The molecule has 1 heterocycles. The van der Waals surface area contributed by atoms with Gasteiger partial charge in [-0.05, 0) is 49.5 Å². The van der Waals surface area contributed by atoms with Crippen LogP contribution in [0, 0.1) is 5.41 Å². The van der Waals surface area contributed by atoms with Gasteiger partial charge in [-0.25, -0.2) is 0 Å². The zero-order valence-electron chi connectivity index (χ0n) is 13.1. The van der Waals surface area contributed by atoms with Gasteiger partial charge >= 0.3 is 0 Å². The predicted molar refractivity (Wildman–Crippen MR) is 84.6 cm³/mol. The number of nitrogens with one attached hydrogen (secondary N) is 1. The molecule has 112 valence electrons. The molecule has 1 aliphatic carbocycles. The Bertz CT molecular complexity index is 366. The minimum Gasteiger partial charge on any atom is -0.319 e. The zero-order valence-corrected chi connectivity index (χ0v) is 13.1. The molecule has 1 aromatic heterocycles. The van der Waals surface area contributed by atoms with E-state index in [1.165, 1.54) is 44.2 Å². The fraction of sp³-hybridized carbons (Fsp3) is 0.706. The summed E-state index contributed by atoms with van der Waals surface area (Å²) in [5.74, 6) is 0. The van der Waals surface area contributed by atoms with Crippen LogP contribution in [0.1, 0.15) is 44.6 Å². The normalized spacial score (nSPS) is 18.4. The van der Waals surface area contributed by atoms with Crippen LogP contribution in [0.15, 0.2) is 24.5 Å². The Morgan fingerprint density at radius 1 is 1.20 bits per heavy atom. The summed E-state index contributed by atoms with van der Waals surface area (Å²) in [5, 5.41) is 3.43. The van der Waals surface area contributed by atoms with Crippen molar-refractivity contribution in [2.24, 2.45) is 5.41 Å². The largest absolute Gasteiger partial charge is 0.319 e. The summed E-state index contributed by atoms with van der Waals surface area (Å²) in [7, 11) is 2.09. The Labute approximate surface area is 123 Å². The zero-order chi connectivity index (χ0) is 14.3. The average molecular weight is 275 g/mol. The summed E-state index contributed by atoms with van der Waals surface area (Å²) in [6.45, 7) is 6.81. The minimum atomic E-state index is 0.482. The third-order valence-electron chi connectivity index (χ3n) is 4.63. The van der Waals surface area contributed by atoms with Crippen molar-refractivity contribution in [1.29, 1.82) is 0 Å². The highest BCUT2D eigenvalue weighted by Gasteiger charge is 2.32. The molecule has 0 amide bonds. The second kappa shape index (κ2) is 7.75. The second-order valence-electron chi connectivity index (χ2n) is 6.25. The SMILES string of the molecule is CCN(Cc1ccncc1)CC1(CNC)CCCCC1. The smallest absolute Gasteiger partial charge is 0.0271 e. The lowest BCUT2D eigenvalue weighted by atomic mass is 9.73. The molecule has 0 atom stereocenters. The van der Waals surface area contributed by atoms with Gasteiger partial charge in [0.25, 0.3) is 0 Å². The molecule has 0 radical (unpaired) electrons. The van der Waals surface area contributed by atoms with Crippen molar-refractivity contribution in [3.8, 4) is 0 Å². The van der Waals surface area contributed by atoms with E-state index < -0.39 is 0 Å². The van der Waals surface area contributed by atoms with Gasteiger partial charge in [0.1, 0.15) is 0 Å². The Morgan fingerprint density at radius 2 is 1.90 bits per heavy atom. The van der Waals surface area contributed by atoms with E-state index in [4.69, 9.17) is 0 Å². The molecule has 1 N–H and O–H groups in total. The van der Waals surface area contributed by atoms with Gasteiger partial charge in [0.15, 0.2) is 0 Å². The summed E-state index contributed by atoms with van der Waals surface area (Å²) in [4.78, 5) is 6.70. The first-order valence-electron chi connectivity index (χ1n) is 8.04. The third-order valence-corrected chi connectivity index (χ3v) is 4.63. The fourth-order valence-corrected chi connectivity index (χ4v) is 3.57. The van der Waals surface area contributed by atoms with Gasteiger partial charge in [0, 0.05) is 32.0 Å². The van der Waals surface area contributed by atoms with Crippen LogP contribution >= 0.6 is 0 Å². The number of nitrogens with zero attached hydrogens (tertiary/aromatic N) is 2. The summed E-state index contributed by atoms with van der Waals surface area (Å²) in [6, 6.07) is 4.27. The van der Waals surface area contributed by atoms with E-state index in [-0.39, 0.29) is 0 Å². The van der Waals surface area contributed by atoms with Gasteiger partial charge < -0.3 is 5.32 Å². The summed E-state index contributed by atoms with van der Waals surface area (Å²) in [5.41, 5.74) is 1.85. The van der Waals surface area contributed by atoms with Gasteiger partial charge in [-0.2, -0.15) is 0 Å². The molecule has 0 unspecified atom stereocenters. The summed E-state index contributed by atoms with van der Waals surface area (Å²) in [6.07, 6.45) is 10.8. The number of hydrogen-bond acceptors (Lipinski definition) is 3. The van der Waals surface area contributed by atoms with Crippen molar-refractivity contribution in [2.45, 2.75) is 45.6 Å². The van der Waals surface area contributed by atoms with E-state index >= 15 is 0 Å². The van der Waals surface area contributed by atoms with Crippen LogP contribution in [-0.4, -0.2) is 36.6 Å². The Kier molecular flexibility index (Phi) is 5.99. The maximum absolute atomic E-state index is 4.11. The highest BCUT2D eigenvalue weighted by molar-refractivity contribution is 5.09. The lowest BCUT2D eigenvalue weighted by molar-refractivity contribution is 0.103. The number of pyridine rings is 1. The Morgan fingerprint density at radius 3 is 2.50 bits per heavy atom. The first-order chi connectivity index (χ1) is 9.78. The van der Waals surface area contributed by atoms with Crippen LogP contribution in [0.25, 0.3) is 0 Å². The first kappa shape index (κ1) is 15.5. The van der Waals surface area contributed by atoms with Gasteiger partial charge in [-0.3, -0.25) is 9.88 Å². The second-order valence-corrected chi connectivity index (χ2v) is 6.25. The van der Waals surface area contributed by atoms with Crippen molar-refractivity contribution in [3.63, 3.8) is 0 Å². The molecule has 1 saturated carbocycles. The lowest BCUT2D eigenvalue weighted by Gasteiger charge is -2.41. The standard InChI is InChI=1S/C17H29N3/c1-3-20(13-16-7-11-19-12-8-16)15-17(14-18-2)9-5-4-6-10-17/h7-8,11-12,18H,3-6,9-10,13-15H2,1-2H3. The van der Waals surface area contributed by atoms with E-state index in [2.05, 4.69) is 41.3 Å². The van der Waals surface area contributed by atoms with Gasteiger partial charge in [0.05, 0.1) is 0 Å². The molecule has 20 heavy (non-hydrogen) atoms. The number of hydrogen-bond donors (Lipinski definition) is 1. The van der Waals surface area contributed by atoms with Gasteiger partial charge in [-0.1, -0.05) is 26.2 Å². The topological polar surface area (TPSA) is 28.2 Å². The third kappa shape index (κ3) is 4.29. The minimum absolute atomic E-state index is 0.482. The van der Waals surface area contributed by atoms with Crippen molar-refractivity contribution in [2.75, 3.05) is 26.7 Å². The van der Waals surface area contributed by atoms with Crippen molar-refractivity contribution in [3.05, 3.63) is 30.1 Å². The van der Waals surface area contributed by atoms with Crippen molar-refractivity contribution < 1.29 is 0 Å². The molecule has 0 aromatic carbocycles. The van der Waals surface area contributed by atoms with E-state index in [1.54, 1.807) is 0 Å². The van der Waals surface area contributed by atoms with Crippen LogP contribution < -0.4 is 5.32 Å². The first-order valence-corrected chi connectivity index (χ1v) is 8.04. The predicted octanol–water partition coefficient (Wildman–Crippen LogP) is 3.07. The van der Waals surface area contributed by atoms with E-state index in [9.17, 15) is 0 Å². The monoisotopic (exact) mass is 275 g/mol. The van der Waals surface area contributed by atoms with Crippen molar-refractivity contribution in [1.82, 2.24) is 15.2 Å². The van der Waals surface area contributed by atoms with Crippen LogP contribution in [0.3, 0.4) is 0 Å². The summed E-state index contributed by atoms with van der Waals surface area (Å²) >= 11 is 0. The number of aromatic nitrogens is 1. The van der Waals surface area contributed by atoms with Gasteiger partial charge in [-0.15, -0.1) is 0 Å². The van der Waals surface area contributed by atoms with Crippen molar-refractivity contribution >= 4 is 0 Å². The molecule has 0 spiro atoms. The maximum Gasteiger partial charge on any atom is 0.0271 e. The number of rotatable bonds is 7. The van der Waals surface area contributed by atoms with Crippen LogP contribution in [-0.2, 0) is 6.54 Å². The van der Waals surface area contributed by atoms with E-state index in [0.29, 0.717) is 5.41 Å². The molecule has 0 saturated heterocycles. The Balaban J connectivity index is 1.99. The van der Waals surface area contributed by atoms with E-state index in [0.717, 1.165) is 19.6 Å². The van der Waals surface area contributed by atoms with Crippen LogP contribution in [0.2, 0.25) is 0 Å². The molecule has 1 aromatic rings. The molecular formula is C17H29N3. The molecule has 0 bridgehead atoms. The van der Waals surface area contributed by atoms with Gasteiger partial charge in [0.2, 0.25) is 0 Å². The molecule has 3 heteroatoms. The highest BCUT2D eigenvalue weighted by atomic mass is 15.1. The lowest BCUT2D eigenvalue weighted by Crippen LogP contribution is -2.44. The molecule has 1 aliphatic rings. The average Bonchev–Trinajstić information content (AvgIpc) is 2.49. The molecule has 0 aliphatic heterocycles. The van der Waals surface area contributed by atoms with Crippen LogP contribution in [0.4, 0.5) is 0 Å². The van der Waals surface area contributed by atoms with Crippen LogP contribution in [0.5, 0.6) is 0 Å². The quantitative estimate of drug-likeness (QED) is 0.829. The molecule has 2 rings (SSSR count). The molecule has 1 fully saturated rings. The maximum atomic E-state index is 4.11. The molecular weight excluding hydrogens is 246 g/mol. The Hall–Kier alpha value is -0.930. The van der Waals surface area contributed by atoms with E-state index in [1.807, 2.05) is 12.4 Å². The molecule has 3 nitrogen and oxygen atoms in total. The highest BCUT2D eigenvalue weighted by Crippen LogP contribution is 2.36. The fourth-order valence-electron chi connectivity index (χ4n) is 3.57.